The topological polar surface area (TPSA) is 40.6 Å². The van der Waals surface area contributed by atoms with Crippen LogP contribution in [0.5, 0.6) is 0 Å². The van der Waals surface area contributed by atoms with Gasteiger partial charge in [-0.2, -0.15) is 0 Å². The lowest BCUT2D eigenvalue weighted by molar-refractivity contribution is -0.132. The third-order valence-corrected chi connectivity index (χ3v) is 4.40. The van der Waals surface area contributed by atoms with Gasteiger partial charge in [0.2, 0.25) is 11.8 Å². The van der Waals surface area contributed by atoms with Crippen LogP contribution in [0.3, 0.4) is 0 Å². The van der Waals surface area contributed by atoms with Crippen LogP contribution in [0.25, 0.3) is 0 Å². The lowest BCUT2D eigenvalue weighted by Crippen LogP contribution is -2.36. The number of carbonyl (C=O) groups excluding carboxylic acids is 2. The van der Waals surface area contributed by atoms with Gasteiger partial charge in [0.25, 0.3) is 0 Å². The molecule has 1 heterocycles. The van der Waals surface area contributed by atoms with Crippen LogP contribution in [0.15, 0.2) is 18.2 Å². The second-order valence-corrected chi connectivity index (χ2v) is 6.17. The number of benzene rings is 1. The first kappa shape index (κ1) is 16.5. The lowest BCUT2D eigenvalue weighted by atomic mass is 10.0. The fraction of sp³-hybridized carbons (Fsp3) is 0.556. The average molecular weight is 302 g/mol. The Morgan fingerprint density at radius 1 is 1.05 bits per heavy atom. The number of nitrogens with zero attached hydrogens (tertiary/aromatic N) is 2. The molecule has 1 aliphatic rings. The van der Waals surface area contributed by atoms with Gasteiger partial charge >= 0.3 is 0 Å². The molecule has 1 aromatic carbocycles. The molecule has 0 aromatic heterocycles. The number of hydrogen-bond donors (Lipinski definition) is 0. The van der Waals surface area contributed by atoms with E-state index in [1.165, 1.54) is 16.7 Å². The largest absolute Gasteiger partial charge is 0.341 e. The molecule has 0 atom stereocenters. The molecule has 2 rings (SSSR count). The van der Waals surface area contributed by atoms with Gasteiger partial charge in [-0.05, 0) is 37.8 Å². The van der Waals surface area contributed by atoms with Crippen LogP contribution < -0.4 is 0 Å². The predicted octanol–water partition coefficient (Wildman–Crippen LogP) is 2.32. The lowest BCUT2D eigenvalue weighted by Gasteiger charge is -2.21. The molecule has 0 radical (unpaired) electrons. The van der Waals surface area contributed by atoms with Crippen molar-refractivity contribution in [3.8, 4) is 0 Å². The Labute approximate surface area is 133 Å². The van der Waals surface area contributed by atoms with E-state index < -0.39 is 0 Å². The van der Waals surface area contributed by atoms with E-state index in [0.29, 0.717) is 19.5 Å². The van der Waals surface area contributed by atoms with E-state index in [2.05, 4.69) is 32.0 Å². The van der Waals surface area contributed by atoms with Gasteiger partial charge in [0, 0.05) is 39.5 Å². The van der Waals surface area contributed by atoms with Crippen molar-refractivity contribution in [3.63, 3.8) is 0 Å². The van der Waals surface area contributed by atoms with Gasteiger partial charge in [0.05, 0.1) is 0 Å². The van der Waals surface area contributed by atoms with Crippen LogP contribution in [0, 0.1) is 13.8 Å². The molecule has 0 bridgehead atoms. The third-order valence-electron chi connectivity index (χ3n) is 4.40. The Morgan fingerprint density at radius 2 is 1.73 bits per heavy atom. The normalized spacial score (nSPS) is 15.6. The Balaban J connectivity index is 1.88. The minimum atomic E-state index is 0.101. The minimum absolute atomic E-state index is 0.101. The maximum atomic E-state index is 12.4. The highest BCUT2D eigenvalue weighted by molar-refractivity contribution is 5.77. The van der Waals surface area contributed by atoms with Crippen molar-refractivity contribution in [1.29, 1.82) is 0 Å². The standard InChI is InChI=1S/C18H26N2O2/c1-14-5-6-17(15(2)13-14)7-8-18(22)20-10-4-9-19(11-12-20)16(3)21/h5-6,13H,4,7-12H2,1-3H3. The first-order valence-electron chi connectivity index (χ1n) is 8.07. The number of hydrogen-bond acceptors (Lipinski definition) is 2. The molecule has 0 saturated carbocycles. The van der Waals surface area contributed by atoms with Gasteiger partial charge in [-0.1, -0.05) is 23.8 Å². The van der Waals surface area contributed by atoms with Crippen molar-refractivity contribution < 1.29 is 9.59 Å². The number of amides is 2. The molecule has 1 aromatic rings. The van der Waals surface area contributed by atoms with E-state index in [1.54, 1.807) is 6.92 Å². The van der Waals surface area contributed by atoms with Crippen molar-refractivity contribution in [1.82, 2.24) is 9.80 Å². The molecule has 0 spiro atoms. The zero-order valence-electron chi connectivity index (χ0n) is 13.9. The maximum absolute atomic E-state index is 12.4. The van der Waals surface area contributed by atoms with E-state index in [-0.39, 0.29) is 11.8 Å². The summed E-state index contributed by atoms with van der Waals surface area (Å²) in [4.78, 5) is 27.6. The number of aryl methyl sites for hydroxylation is 3. The summed E-state index contributed by atoms with van der Waals surface area (Å²) in [5, 5.41) is 0. The number of rotatable bonds is 3. The summed E-state index contributed by atoms with van der Waals surface area (Å²) in [7, 11) is 0. The summed E-state index contributed by atoms with van der Waals surface area (Å²) in [5.74, 6) is 0.301. The second-order valence-electron chi connectivity index (χ2n) is 6.17. The zero-order valence-corrected chi connectivity index (χ0v) is 13.9. The molecule has 4 heteroatoms. The van der Waals surface area contributed by atoms with Gasteiger partial charge in [-0.15, -0.1) is 0 Å². The van der Waals surface area contributed by atoms with E-state index in [9.17, 15) is 9.59 Å². The molecule has 0 aliphatic carbocycles. The van der Waals surface area contributed by atoms with E-state index in [0.717, 1.165) is 25.9 Å². The third kappa shape index (κ3) is 4.33. The molecule has 1 aliphatic heterocycles. The van der Waals surface area contributed by atoms with Crippen molar-refractivity contribution in [3.05, 3.63) is 34.9 Å². The minimum Gasteiger partial charge on any atom is -0.341 e. The van der Waals surface area contributed by atoms with E-state index in [4.69, 9.17) is 0 Å². The molecule has 1 fully saturated rings. The van der Waals surface area contributed by atoms with Crippen LogP contribution in [0.1, 0.15) is 36.5 Å². The predicted molar refractivity (Wildman–Crippen MR) is 87.7 cm³/mol. The molecular formula is C18H26N2O2. The maximum Gasteiger partial charge on any atom is 0.222 e. The van der Waals surface area contributed by atoms with Crippen molar-refractivity contribution >= 4 is 11.8 Å². The summed E-state index contributed by atoms with van der Waals surface area (Å²) in [6.07, 6.45) is 2.21. The fourth-order valence-corrected chi connectivity index (χ4v) is 3.01. The summed E-state index contributed by atoms with van der Waals surface area (Å²) in [6, 6.07) is 6.39. The molecule has 1 saturated heterocycles. The monoisotopic (exact) mass is 302 g/mol. The molecule has 0 N–H and O–H groups in total. The Hall–Kier alpha value is -1.84. The Morgan fingerprint density at radius 3 is 2.41 bits per heavy atom. The summed E-state index contributed by atoms with van der Waals surface area (Å²) < 4.78 is 0. The van der Waals surface area contributed by atoms with Crippen LogP contribution in [-0.4, -0.2) is 47.8 Å². The summed E-state index contributed by atoms with van der Waals surface area (Å²) in [5.41, 5.74) is 3.76. The molecule has 4 nitrogen and oxygen atoms in total. The van der Waals surface area contributed by atoms with Gasteiger partial charge < -0.3 is 9.80 Å². The Bertz CT molecular complexity index is 554. The SMILES string of the molecule is CC(=O)N1CCCN(C(=O)CCc2ccc(C)cc2C)CC1. The first-order chi connectivity index (χ1) is 10.5. The van der Waals surface area contributed by atoms with Crippen LogP contribution >= 0.6 is 0 Å². The van der Waals surface area contributed by atoms with Gasteiger partial charge in [-0.3, -0.25) is 9.59 Å². The van der Waals surface area contributed by atoms with Gasteiger partial charge in [-0.25, -0.2) is 0 Å². The summed E-state index contributed by atoms with van der Waals surface area (Å²) >= 11 is 0. The fourth-order valence-electron chi connectivity index (χ4n) is 3.01. The quantitative estimate of drug-likeness (QED) is 0.860. The first-order valence-corrected chi connectivity index (χ1v) is 8.07. The highest BCUT2D eigenvalue weighted by Crippen LogP contribution is 2.14. The van der Waals surface area contributed by atoms with Crippen LogP contribution in [-0.2, 0) is 16.0 Å². The second kappa shape index (κ2) is 7.43. The highest BCUT2D eigenvalue weighted by atomic mass is 16.2. The Kier molecular flexibility index (Phi) is 5.58. The zero-order chi connectivity index (χ0) is 16.1. The van der Waals surface area contributed by atoms with Crippen molar-refractivity contribution in [2.75, 3.05) is 26.2 Å². The van der Waals surface area contributed by atoms with Gasteiger partial charge in [0.15, 0.2) is 0 Å². The van der Waals surface area contributed by atoms with Gasteiger partial charge in [0.1, 0.15) is 0 Å². The number of carbonyl (C=O) groups is 2. The molecule has 120 valence electrons. The van der Waals surface area contributed by atoms with Crippen LogP contribution in [0.2, 0.25) is 0 Å². The average Bonchev–Trinajstić information content (AvgIpc) is 2.72. The smallest absolute Gasteiger partial charge is 0.222 e. The van der Waals surface area contributed by atoms with Crippen molar-refractivity contribution in [2.45, 2.75) is 40.0 Å². The van der Waals surface area contributed by atoms with E-state index in [1.807, 2.05) is 9.80 Å². The molecule has 2 amide bonds. The van der Waals surface area contributed by atoms with Crippen molar-refractivity contribution in [2.24, 2.45) is 0 Å². The highest BCUT2D eigenvalue weighted by Gasteiger charge is 2.20. The molecule has 0 unspecified atom stereocenters. The molecular weight excluding hydrogens is 276 g/mol. The summed E-state index contributed by atoms with van der Waals surface area (Å²) in [6.45, 7) is 8.61. The van der Waals surface area contributed by atoms with Crippen LogP contribution in [0.4, 0.5) is 0 Å². The molecule has 22 heavy (non-hydrogen) atoms. The van der Waals surface area contributed by atoms with E-state index >= 15 is 0 Å².